The van der Waals surface area contributed by atoms with Crippen LogP contribution in [0, 0.1) is 0 Å². The van der Waals surface area contributed by atoms with E-state index in [1.807, 2.05) is 0 Å². The van der Waals surface area contributed by atoms with Crippen molar-refractivity contribution in [1.29, 1.82) is 0 Å². The van der Waals surface area contributed by atoms with Crippen LogP contribution in [0.1, 0.15) is 0 Å². The van der Waals surface area contributed by atoms with Crippen LogP contribution in [-0.4, -0.2) is 168 Å². The van der Waals surface area contributed by atoms with Gasteiger partial charge in [-0.1, -0.05) is 0 Å². The predicted molar refractivity (Wildman–Crippen MR) is 101 cm³/mol. The van der Waals surface area contributed by atoms with Crippen molar-refractivity contribution >= 4 is 0 Å². The Hall–Kier alpha value is -0.640. The maximum absolute atomic E-state index is 10.6. The quantitative estimate of drug-likeness (QED) is 0.154. The van der Waals surface area contributed by atoms with Crippen LogP contribution in [-0.2, 0) is 23.7 Å². The molecule has 0 aromatic rings. The highest BCUT2D eigenvalue weighted by atomic mass is 16.8. The first kappa shape index (κ1) is 27.9. The lowest BCUT2D eigenvalue weighted by Crippen LogP contribution is -2.67. The molecule has 11 N–H and O–H groups in total. The molecular weight excluding hydrogens is 472 g/mol. The summed E-state index contributed by atoms with van der Waals surface area (Å²) in [6, 6.07) is 0. The zero-order chi connectivity index (χ0) is 25.3. The fraction of sp³-hybridized carbons (Fsp3) is 1.00. The third-order valence-electron chi connectivity index (χ3n) is 6.10. The first-order valence-corrected chi connectivity index (χ1v) is 10.6. The number of ether oxygens (including phenoxy) is 5. The summed E-state index contributed by atoms with van der Waals surface area (Å²) in [5.41, 5.74) is 0. The van der Waals surface area contributed by atoms with Gasteiger partial charge < -0.3 is 79.9 Å². The highest BCUT2D eigenvalue weighted by Crippen LogP contribution is 2.32. The molecule has 0 aromatic heterocycles. The van der Waals surface area contributed by atoms with Crippen LogP contribution >= 0.6 is 0 Å². The molecule has 0 amide bonds. The number of hydrogen-bond acceptors (Lipinski definition) is 16. The molecule has 0 saturated carbocycles. The molecule has 15 unspecified atom stereocenters. The average molecular weight is 504 g/mol. The smallest absolute Gasteiger partial charge is 0.187 e. The van der Waals surface area contributed by atoms with Crippen molar-refractivity contribution in [1.82, 2.24) is 0 Å². The molecule has 15 atom stereocenters. The van der Waals surface area contributed by atoms with Crippen LogP contribution in [0.25, 0.3) is 0 Å². The van der Waals surface area contributed by atoms with Crippen molar-refractivity contribution in [2.45, 2.75) is 92.1 Å². The highest BCUT2D eigenvalue weighted by molar-refractivity contribution is 4.96. The normalized spacial score (nSPS) is 52.5. The Bertz CT molecular complexity index is 637. The zero-order valence-corrected chi connectivity index (χ0v) is 17.7. The van der Waals surface area contributed by atoms with Crippen LogP contribution in [0.15, 0.2) is 0 Å². The van der Waals surface area contributed by atoms with Gasteiger partial charge in [-0.3, -0.25) is 0 Å². The van der Waals surface area contributed by atoms with Crippen LogP contribution < -0.4 is 0 Å². The zero-order valence-electron chi connectivity index (χ0n) is 17.7. The third kappa shape index (κ3) is 5.37. The van der Waals surface area contributed by atoms with Gasteiger partial charge in [0.05, 0.1) is 19.8 Å². The summed E-state index contributed by atoms with van der Waals surface area (Å²) >= 11 is 0. The van der Waals surface area contributed by atoms with Crippen molar-refractivity contribution in [3.8, 4) is 0 Å². The summed E-state index contributed by atoms with van der Waals surface area (Å²) in [5.74, 6) is 0. The van der Waals surface area contributed by atoms with Gasteiger partial charge >= 0.3 is 0 Å². The SMILES string of the molecule is OCC1OC(OC2C(O)OC(CO)C(O)C2OC2OC(CO)C(O)C(O)C2O)C(O)C(O)C1O. The number of aliphatic hydroxyl groups excluding tert-OH is 11. The van der Waals surface area contributed by atoms with E-state index < -0.39 is 112 Å². The van der Waals surface area contributed by atoms with E-state index >= 15 is 0 Å². The molecule has 3 fully saturated rings. The minimum atomic E-state index is -1.94. The standard InChI is InChI=1S/C18H32O16/c19-1-4-7(22)10(25)12(27)17(31-4)33-14-9(24)6(3-21)30-16(29)15(14)34-18-13(28)11(26)8(23)5(2-20)32-18/h4-29H,1-3H2. The van der Waals surface area contributed by atoms with Crippen molar-refractivity contribution in [2.75, 3.05) is 19.8 Å². The highest BCUT2D eigenvalue weighted by Gasteiger charge is 2.53. The largest absolute Gasteiger partial charge is 0.394 e. The van der Waals surface area contributed by atoms with Crippen molar-refractivity contribution in [3.63, 3.8) is 0 Å². The third-order valence-corrected chi connectivity index (χ3v) is 6.10. The number of hydrogen-bond donors (Lipinski definition) is 11. The van der Waals surface area contributed by atoms with Crippen LogP contribution in [0.3, 0.4) is 0 Å². The first-order chi connectivity index (χ1) is 16.0. The van der Waals surface area contributed by atoms with Crippen LogP contribution in [0.4, 0.5) is 0 Å². The first-order valence-electron chi connectivity index (χ1n) is 10.6. The van der Waals surface area contributed by atoms with Gasteiger partial charge in [-0.2, -0.15) is 0 Å². The number of aliphatic hydroxyl groups is 11. The fourth-order valence-electron chi connectivity index (χ4n) is 4.03. The maximum atomic E-state index is 10.6. The van der Waals surface area contributed by atoms with E-state index in [4.69, 9.17) is 23.7 Å². The summed E-state index contributed by atoms with van der Waals surface area (Å²) in [5, 5.41) is 109. The predicted octanol–water partition coefficient (Wildman–Crippen LogP) is -7.57. The second kappa shape index (κ2) is 11.6. The van der Waals surface area contributed by atoms with Crippen LogP contribution in [0.2, 0.25) is 0 Å². The summed E-state index contributed by atoms with van der Waals surface area (Å²) in [4.78, 5) is 0. The minimum Gasteiger partial charge on any atom is -0.394 e. The molecule has 3 aliphatic heterocycles. The van der Waals surface area contributed by atoms with E-state index in [1.54, 1.807) is 0 Å². The van der Waals surface area contributed by atoms with E-state index in [0.29, 0.717) is 0 Å². The lowest BCUT2D eigenvalue weighted by atomic mass is 9.96. The molecular formula is C18H32O16. The summed E-state index contributed by atoms with van der Waals surface area (Å²) in [7, 11) is 0. The van der Waals surface area contributed by atoms with Crippen LogP contribution in [0.5, 0.6) is 0 Å². The molecule has 3 rings (SSSR count). The van der Waals surface area contributed by atoms with Crippen molar-refractivity contribution in [3.05, 3.63) is 0 Å². The van der Waals surface area contributed by atoms with Crippen molar-refractivity contribution < 1.29 is 79.9 Å². The van der Waals surface area contributed by atoms with E-state index in [-0.39, 0.29) is 0 Å². The Morgan fingerprint density at radius 2 is 0.824 bits per heavy atom. The van der Waals surface area contributed by atoms with E-state index in [0.717, 1.165) is 0 Å². The Labute approximate surface area is 192 Å². The minimum absolute atomic E-state index is 0.769. The van der Waals surface area contributed by atoms with E-state index in [9.17, 15) is 56.2 Å². The topological polar surface area (TPSA) is 269 Å². The Balaban J connectivity index is 1.83. The van der Waals surface area contributed by atoms with Gasteiger partial charge in [0, 0.05) is 0 Å². The Kier molecular flexibility index (Phi) is 9.54. The molecule has 0 bridgehead atoms. The molecule has 16 nitrogen and oxygen atoms in total. The lowest BCUT2D eigenvalue weighted by molar-refractivity contribution is -0.387. The number of rotatable bonds is 7. The molecule has 3 heterocycles. The van der Waals surface area contributed by atoms with Gasteiger partial charge in [0.1, 0.15) is 73.2 Å². The summed E-state index contributed by atoms with van der Waals surface area (Å²) in [6.07, 6.45) is -25.6. The molecule has 0 aliphatic carbocycles. The van der Waals surface area contributed by atoms with Gasteiger partial charge in [0.15, 0.2) is 18.9 Å². The van der Waals surface area contributed by atoms with Crippen molar-refractivity contribution in [2.24, 2.45) is 0 Å². The van der Waals surface area contributed by atoms with Gasteiger partial charge in [0.25, 0.3) is 0 Å². The molecule has 16 heteroatoms. The van der Waals surface area contributed by atoms with E-state index in [1.165, 1.54) is 0 Å². The molecule has 34 heavy (non-hydrogen) atoms. The Morgan fingerprint density at radius 3 is 1.24 bits per heavy atom. The summed E-state index contributed by atoms with van der Waals surface area (Å²) < 4.78 is 26.5. The van der Waals surface area contributed by atoms with Gasteiger partial charge in [0.2, 0.25) is 0 Å². The Morgan fingerprint density at radius 1 is 0.441 bits per heavy atom. The summed E-state index contributed by atoms with van der Waals surface area (Å²) in [6.45, 7) is -2.33. The van der Waals surface area contributed by atoms with Gasteiger partial charge in [-0.25, -0.2) is 0 Å². The second-order valence-electron chi connectivity index (χ2n) is 8.33. The van der Waals surface area contributed by atoms with Gasteiger partial charge in [-0.15, -0.1) is 0 Å². The maximum Gasteiger partial charge on any atom is 0.187 e. The van der Waals surface area contributed by atoms with E-state index in [2.05, 4.69) is 0 Å². The molecule has 3 saturated heterocycles. The fourth-order valence-corrected chi connectivity index (χ4v) is 4.03. The molecule has 3 aliphatic rings. The second-order valence-corrected chi connectivity index (χ2v) is 8.33. The average Bonchev–Trinajstić information content (AvgIpc) is 2.83. The molecule has 0 aromatic carbocycles. The lowest BCUT2D eigenvalue weighted by Gasteiger charge is -2.48. The molecule has 200 valence electrons. The molecule has 0 radical (unpaired) electrons. The molecule has 0 spiro atoms. The monoisotopic (exact) mass is 504 g/mol. The van der Waals surface area contributed by atoms with Gasteiger partial charge in [-0.05, 0) is 0 Å².